The number of hydrogen-bond donors (Lipinski definition) is 0. The van der Waals surface area contributed by atoms with Gasteiger partial charge in [0, 0.05) is 26.6 Å². The van der Waals surface area contributed by atoms with E-state index in [1.54, 1.807) is 24.1 Å². The third-order valence-electron chi connectivity index (χ3n) is 4.81. The molecule has 2 aromatic rings. The van der Waals surface area contributed by atoms with Crippen LogP contribution in [0, 0.1) is 12.8 Å². The molecule has 128 valence electrons. The first-order valence-corrected chi connectivity index (χ1v) is 8.46. The fourth-order valence-electron chi connectivity index (χ4n) is 3.34. The molecule has 0 radical (unpaired) electrons. The Balaban J connectivity index is 1.62. The van der Waals surface area contributed by atoms with Crippen molar-refractivity contribution in [1.29, 1.82) is 0 Å². The zero-order chi connectivity index (χ0) is 16.7. The van der Waals surface area contributed by atoms with Crippen LogP contribution in [0.15, 0.2) is 16.5 Å². The predicted octanol–water partition coefficient (Wildman–Crippen LogP) is 1.98. The Labute approximate surface area is 140 Å². The molecule has 0 saturated heterocycles. The first-order chi connectivity index (χ1) is 11.7. The van der Waals surface area contributed by atoms with Gasteiger partial charge >= 0.3 is 0 Å². The molecule has 3 heterocycles. The number of nitrogens with zero attached hydrogens (tertiary/aromatic N) is 4. The van der Waals surface area contributed by atoms with Crippen molar-refractivity contribution >= 4 is 5.91 Å². The third-order valence-corrected chi connectivity index (χ3v) is 4.81. The van der Waals surface area contributed by atoms with Crippen molar-refractivity contribution in [3.8, 4) is 0 Å². The predicted molar refractivity (Wildman–Crippen MR) is 85.5 cm³/mol. The standard InChI is InChI=1S/C17H22N4O3/c1-11-3-6-15(24-11)17(22)20-8-7-13-16(14(20)10-23-2)18-19-21(13)9-12-4-5-12/h3,6,12,14H,4-5,7-10H2,1-2H3/t14-/m0/s1. The molecular formula is C17H22N4O3. The number of carbonyl (C=O) groups excluding carboxylic acids is 1. The van der Waals surface area contributed by atoms with Crippen molar-refractivity contribution in [2.45, 2.75) is 38.8 Å². The lowest BCUT2D eigenvalue weighted by molar-refractivity contribution is 0.0461. The van der Waals surface area contributed by atoms with Gasteiger partial charge in [0.2, 0.25) is 0 Å². The number of ether oxygens (including phenoxy) is 1. The number of aromatic nitrogens is 3. The van der Waals surface area contributed by atoms with E-state index in [-0.39, 0.29) is 11.9 Å². The molecule has 1 fully saturated rings. The Kier molecular flexibility index (Phi) is 3.88. The van der Waals surface area contributed by atoms with E-state index in [9.17, 15) is 4.79 Å². The molecule has 0 bridgehead atoms. The SMILES string of the molecule is COC[C@H]1c2nnn(CC3CC3)c2CCN1C(=O)c1ccc(C)o1. The highest BCUT2D eigenvalue weighted by atomic mass is 16.5. The van der Waals surface area contributed by atoms with Crippen molar-refractivity contribution in [3.63, 3.8) is 0 Å². The van der Waals surface area contributed by atoms with Crippen LogP contribution < -0.4 is 0 Å². The van der Waals surface area contributed by atoms with Gasteiger partial charge in [-0.05, 0) is 37.8 Å². The summed E-state index contributed by atoms with van der Waals surface area (Å²) >= 11 is 0. The number of hydrogen-bond acceptors (Lipinski definition) is 5. The Morgan fingerprint density at radius 1 is 1.42 bits per heavy atom. The topological polar surface area (TPSA) is 73.4 Å². The highest BCUT2D eigenvalue weighted by Gasteiger charge is 2.37. The number of fused-ring (bicyclic) bond motifs is 1. The second kappa shape index (κ2) is 6.05. The van der Waals surface area contributed by atoms with Gasteiger partial charge in [0.15, 0.2) is 5.76 Å². The molecule has 1 atom stereocenters. The number of amides is 1. The number of rotatable bonds is 5. The van der Waals surface area contributed by atoms with Crippen LogP contribution in [0.2, 0.25) is 0 Å². The van der Waals surface area contributed by atoms with Crippen molar-refractivity contribution in [2.24, 2.45) is 5.92 Å². The molecule has 4 rings (SSSR count). The summed E-state index contributed by atoms with van der Waals surface area (Å²) in [5, 5.41) is 8.71. The minimum atomic E-state index is -0.218. The molecule has 2 aliphatic rings. The van der Waals surface area contributed by atoms with Crippen LogP contribution in [0.3, 0.4) is 0 Å². The molecule has 1 aliphatic carbocycles. The van der Waals surface area contributed by atoms with Crippen molar-refractivity contribution in [1.82, 2.24) is 19.9 Å². The molecule has 1 aliphatic heterocycles. The number of methoxy groups -OCH3 is 1. The minimum Gasteiger partial charge on any atom is -0.456 e. The van der Waals surface area contributed by atoms with Crippen LogP contribution in [-0.2, 0) is 17.7 Å². The molecule has 24 heavy (non-hydrogen) atoms. The summed E-state index contributed by atoms with van der Waals surface area (Å²) in [7, 11) is 1.64. The van der Waals surface area contributed by atoms with Crippen molar-refractivity contribution in [2.75, 3.05) is 20.3 Å². The molecule has 7 heteroatoms. The van der Waals surface area contributed by atoms with E-state index in [4.69, 9.17) is 9.15 Å². The maximum atomic E-state index is 12.8. The molecule has 1 saturated carbocycles. The Bertz CT molecular complexity index is 747. The van der Waals surface area contributed by atoms with Crippen LogP contribution in [-0.4, -0.2) is 46.1 Å². The second-order valence-electron chi connectivity index (χ2n) is 6.68. The molecule has 0 unspecified atom stereocenters. The van der Waals surface area contributed by atoms with Gasteiger partial charge in [0.1, 0.15) is 17.5 Å². The summed E-state index contributed by atoms with van der Waals surface area (Å²) in [6.07, 6.45) is 3.32. The summed E-state index contributed by atoms with van der Waals surface area (Å²) in [6, 6.07) is 3.31. The fourth-order valence-corrected chi connectivity index (χ4v) is 3.34. The summed E-state index contributed by atoms with van der Waals surface area (Å²) in [5.74, 6) is 1.71. The lowest BCUT2D eigenvalue weighted by Crippen LogP contribution is -2.42. The smallest absolute Gasteiger partial charge is 0.290 e. The highest BCUT2D eigenvalue weighted by Crippen LogP contribution is 2.34. The fraction of sp³-hybridized carbons (Fsp3) is 0.588. The Morgan fingerprint density at radius 2 is 2.25 bits per heavy atom. The highest BCUT2D eigenvalue weighted by molar-refractivity contribution is 5.92. The zero-order valence-electron chi connectivity index (χ0n) is 14.1. The molecule has 0 N–H and O–H groups in total. The quantitative estimate of drug-likeness (QED) is 0.838. The summed E-state index contributed by atoms with van der Waals surface area (Å²) in [6.45, 7) is 3.80. The van der Waals surface area contributed by atoms with Gasteiger partial charge in [0.05, 0.1) is 12.3 Å². The van der Waals surface area contributed by atoms with Gasteiger partial charge in [0.25, 0.3) is 5.91 Å². The summed E-state index contributed by atoms with van der Waals surface area (Å²) < 4.78 is 12.9. The lowest BCUT2D eigenvalue weighted by atomic mass is 10.0. The number of aryl methyl sites for hydroxylation is 1. The second-order valence-corrected chi connectivity index (χ2v) is 6.68. The van der Waals surface area contributed by atoms with E-state index < -0.39 is 0 Å². The van der Waals surface area contributed by atoms with Crippen LogP contribution in [0.4, 0.5) is 0 Å². The van der Waals surface area contributed by atoms with Gasteiger partial charge in [-0.3, -0.25) is 4.79 Å². The first kappa shape index (κ1) is 15.4. The number of carbonyl (C=O) groups is 1. The summed E-state index contributed by atoms with van der Waals surface area (Å²) in [5.41, 5.74) is 2.00. The molecule has 0 aromatic carbocycles. The first-order valence-electron chi connectivity index (χ1n) is 8.46. The van der Waals surface area contributed by atoms with Crippen molar-refractivity contribution < 1.29 is 13.9 Å². The van der Waals surface area contributed by atoms with Gasteiger partial charge in [-0.1, -0.05) is 5.21 Å². The Morgan fingerprint density at radius 3 is 2.92 bits per heavy atom. The Hall–Kier alpha value is -2.15. The van der Waals surface area contributed by atoms with E-state index >= 15 is 0 Å². The molecule has 1 amide bonds. The van der Waals surface area contributed by atoms with E-state index in [1.165, 1.54) is 12.8 Å². The average Bonchev–Trinajstić information content (AvgIpc) is 3.13. The summed E-state index contributed by atoms with van der Waals surface area (Å²) in [4.78, 5) is 14.6. The monoisotopic (exact) mass is 330 g/mol. The van der Waals surface area contributed by atoms with Crippen LogP contribution in [0.25, 0.3) is 0 Å². The van der Waals surface area contributed by atoms with Crippen LogP contribution in [0.5, 0.6) is 0 Å². The largest absolute Gasteiger partial charge is 0.456 e. The number of furan rings is 1. The maximum Gasteiger partial charge on any atom is 0.290 e. The lowest BCUT2D eigenvalue weighted by Gasteiger charge is -2.33. The van der Waals surface area contributed by atoms with Gasteiger partial charge in [-0.25, -0.2) is 4.68 Å². The molecule has 2 aromatic heterocycles. The van der Waals surface area contributed by atoms with Crippen molar-refractivity contribution in [3.05, 3.63) is 35.0 Å². The van der Waals surface area contributed by atoms with E-state index in [0.717, 1.165) is 36.0 Å². The zero-order valence-corrected chi connectivity index (χ0v) is 14.1. The van der Waals surface area contributed by atoms with Crippen LogP contribution in [0.1, 0.15) is 46.6 Å². The normalized spacial score (nSPS) is 20.2. The average molecular weight is 330 g/mol. The van der Waals surface area contributed by atoms with Crippen LogP contribution >= 0.6 is 0 Å². The van der Waals surface area contributed by atoms with E-state index in [2.05, 4.69) is 10.3 Å². The molecule has 7 nitrogen and oxygen atoms in total. The van der Waals surface area contributed by atoms with E-state index in [1.807, 2.05) is 11.6 Å². The minimum absolute atomic E-state index is 0.118. The maximum absolute atomic E-state index is 12.8. The van der Waals surface area contributed by atoms with E-state index in [0.29, 0.717) is 18.9 Å². The molecule has 0 spiro atoms. The van der Waals surface area contributed by atoms with Gasteiger partial charge in [-0.2, -0.15) is 0 Å². The molecular weight excluding hydrogens is 308 g/mol. The van der Waals surface area contributed by atoms with Gasteiger partial charge in [-0.15, -0.1) is 5.10 Å². The van der Waals surface area contributed by atoms with Gasteiger partial charge < -0.3 is 14.1 Å². The third kappa shape index (κ3) is 2.73.